The summed E-state index contributed by atoms with van der Waals surface area (Å²) in [5.41, 5.74) is 0.528. The summed E-state index contributed by atoms with van der Waals surface area (Å²) in [5.74, 6) is 1.13. The fraction of sp³-hybridized carbons (Fsp3) is 0.933. The molecule has 2 heteroatoms. The van der Waals surface area contributed by atoms with Gasteiger partial charge in [-0.05, 0) is 36.5 Å². The molecule has 0 radical (unpaired) electrons. The first-order valence-corrected chi connectivity index (χ1v) is 6.97. The predicted molar refractivity (Wildman–Crippen MR) is 68.6 cm³/mol. The summed E-state index contributed by atoms with van der Waals surface area (Å²) in [6.07, 6.45) is 4.30. The highest BCUT2D eigenvalue weighted by Gasteiger charge is 2.62. The van der Waals surface area contributed by atoms with Gasteiger partial charge in [-0.3, -0.25) is 4.79 Å². The topological polar surface area (TPSA) is 26.3 Å². The van der Waals surface area contributed by atoms with Crippen molar-refractivity contribution in [1.29, 1.82) is 0 Å². The second-order valence-corrected chi connectivity index (χ2v) is 7.19. The molecule has 0 spiro atoms. The summed E-state index contributed by atoms with van der Waals surface area (Å²) in [6.45, 7) is 11.1. The van der Waals surface area contributed by atoms with Crippen molar-refractivity contribution in [2.75, 3.05) is 0 Å². The Morgan fingerprint density at radius 2 is 2.00 bits per heavy atom. The maximum atomic E-state index is 11.8. The van der Waals surface area contributed by atoms with E-state index in [0.717, 1.165) is 12.3 Å². The number of carbonyl (C=O) groups excluding carboxylic acids is 1. The minimum atomic E-state index is -0.00502. The van der Waals surface area contributed by atoms with Gasteiger partial charge in [-0.1, -0.05) is 34.6 Å². The van der Waals surface area contributed by atoms with Crippen molar-refractivity contribution in [2.45, 2.75) is 66.4 Å². The average molecular weight is 238 g/mol. The van der Waals surface area contributed by atoms with Crippen molar-refractivity contribution in [3.05, 3.63) is 0 Å². The molecule has 2 aliphatic carbocycles. The van der Waals surface area contributed by atoms with E-state index in [2.05, 4.69) is 34.6 Å². The largest absolute Gasteiger partial charge is 0.462 e. The molecular weight excluding hydrogens is 212 g/mol. The SMILES string of the molecule is CC(C)CC(=O)O[C@H]1C[C@@H]2CC[C@]1(C)C2(C)C. The van der Waals surface area contributed by atoms with Crippen LogP contribution in [0.2, 0.25) is 0 Å². The van der Waals surface area contributed by atoms with Gasteiger partial charge in [0.25, 0.3) is 0 Å². The van der Waals surface area contributed by atoms with Crippen LogP contribution >= 0.6 is 0 Å². The molecule has 0 N–H and O–H groups in total. The van der Waals surface area contributed by atoms with Gasteiger partial charge in [-0.2, -0.15) is 0 Å². The lowest BCUT2D eigenvalue weighted by Crippen LogP contribution is -2.38. The molecule has 3 atom stereocenters. The van der Waals surface area contributed by atoms with Crippen LogP contribution in [-0.2, 0) is 9.53 Å². The molecule has 0 saturated heterocycles. The normalized spacial score (nSPS) is 38.7. The number of hydrogen-bond donors (Lipinski definition) is 0. The van der Waals surface area contributed by atoms with Gasteiger partial charge in [0, 0.05) is 11.8 Å². The van der Waals surface area contributed by atoms with Gasteiger partial charge in [0.05, 0.1) is 0 Å². The molecular formula is C15H26O2. The quantitative estimate of drug-likeness (QED) is 0.699. The van der Waals surface area contributed by atoms with Crippen LogP contribution in [-0.4, -0.2) is 12.1 Å². The molecule has 0 aromatic heterocycles. The van der Waals surface area contributed by atoms with Gasteiger partial charge < -0.3 is 4.74 Å². The highest BCUT2D eigenvalue weighted by atomic mass is 16.5. The Morgan fingerprint density at radius 1 is 1.35 bits per heavy atom. The maximum Gasteiger partial charge on any atom is 0.306 e. The maximum absolute atomic E-state index is 11.8. The van der Waals surface area contributed by atoms with Crippen LogP contribution < -0.4 is 0 Å². The van der Waals surface area contributed by atoms with Crippen molar-refractivity contribution < 1.29 is 9.53 Å². The van der Waals surface area contributed by atoms with E-state index in [-0.39, 0.29) is 17.5 Å². The molecule has 17 heavy (non-hydrogen) atoms. The van der Waals surface area contributed by atoms with Gasteiger partial charge in [0.1, 0.15) is 6.10 Å². The number of rotatable bonds is 3. The van der Waals surface area contributed by atoms with Crippen LogP contribution in [0.5, 0.6) is 0 Å². The summed E-state index contributed by atoms with van der Waals surface area (Å²) in [7, 11) is 0. The molecule has 2 fully saturated rings. The summed E-state index contributed by atoms with van der Waals surface area (Å²) >= 11 is 0. The predicted octanol–water partition coefficient (Wildman–Crippen LogP) is 3.79. The molecule has 0 heterocycles. The van der Waals surface area contributed by atoms with Crippen LogP contribution in [0.3, 0.4) is 0 Å². The Labute approximate surface area is 105 Å². The lowest BCUT2D eigenvalue weighted by Gasteiger charge is -2.38. The Morgan fingerprint density at radius 3 is 2.41 bits per heavy atom. The average Bonchev–Trinajstić information content (AvgIpc) is 2.49. The Bertz CT molecular complexity index is 319. The summed E-state index contributed by atoms with van der Waals surface area (Å²) in [5, 5.41) is 0. The Kier molecular flexibility index (Phi) is 3.04. The molecule has 98 valence electrons. The lowest BCUT2D eigenvalue weighted by molar-refractivity contribution is -0.157. The second kappa shape index (κ2) is 4.00. The first-order valence-electron chi connectivity index (χ1n) is 6.97. The van der Waals surface area contributed by atoms with Gasteiger partial charge in [0.15, 0.2) is 0 Å². The summed E-state index contributed by atoms with van der Waals surface area (Å²) in [6, 6.07) is 0. The third-order valence-corrected chi connectivity index (χ3v) is 5.56. The molecule has 0 aromatic rings. The van der Waals surface area contributed by atoms with Gasteiger partial charge in [0.2, 0.25) is 0 Å². The molecule has 2 saturated carbocycles. The van der Waals surface area contributed by atoms with E-state index >= 15 is 0 Å². The van der Waals surface area contributed by atoms with E-state index in [9.17, 15) is 4.79 Å². The molecule has 2 nitrogen and oxygen atoms in total. The minimum Gasteiger partial charge on any atom is -0.462 e. The van der Waals surface area contributed by atoms with Gasteiger partial charge in [-0.25, -0.2) is 0 Å². The zero-order valence-electron chi connectivity index (χ0n) is 11.9. The monoisotopic (exact) mass is 238 g/mol. The fourth-order valence-electron chi connectivity index (χ4n) is 3.85. The lowest BCUT2D eigenvalue weighted by atomic mass is 9.70. The number of carbonyl (C=O) groups is 1. The number of hydrogen-bond acceptors (Lipinski definition) is 2. The first-order chi connectivity index (χ1) is 7.77. The van der Waals surface area contributed by atoms with E-state index in [0.29, 0.717) is 17.8 Å². The third-order valence-electron chi connectivity index (χ3n) is 5.56. The van der Waals surface area contributed by atoms with E-state index in [1.165, 1.54) is 12.8 Å². The molecule has 0 aromatic carbocycles. The fourth-order valence-corrected chi connectivity index (χ4v) is 3.85. The zero-order chi connectivity index (χ0) is 12.8. The minimum absolute atomic E-state index is 0.00502. The van der Waals surface area contributed by atoms with Crippen molar-refractivity contribution in [3.63, 3.8) is 0 Å². The molecule has 2 bridgehead atoms. The number of fused-ring (bicyclic) bond motifs is 2. The molecule has 2 rings (SSSR count). The second-order valence-electron chi connectivity index (χ2n) is 7.19. The van der Waals surface area contributed by atoms with Crippen molar-refractivity contribution in [1.82, 2.24) is 0 Å². The highest BCUT2D eigenvalue weighted by Crippen LogP contribution is 2.66. The van der Waals surface area contributed by atoms with Crippen molar-refractivity contribution in [3.8, 4) is 0 Å². The number of esters is 1. The smallest absolute Gasteiger partial charge is 0.306 e. The number of ether oxygens (including phenoxy) is 1. The molecule has 0 aliphatic heterocycles. The van der Waals surface area contributed by atoms with Crippen LogP contribution in [0.25, 0.3) is 0 Å². The van der Waals surface area contributed by atoms with Crippen LogP contribution in [0, 0.1) is 22.7 Å². The molecule has 2 aliphatic rings. The van der Waals surface area contributed by atoms with E-state index in [4.69, 9.17) is 4.74 Å². The van der Waals surface area contributed by atoms with Crippen LogP contribution in [0.15, 0.2) is 0 Å². The highest BCUT2D eigenvalue weighted by molar-refractivity contribution is 5.70. The van der Waals surface area contributed by atoms with Gasteiger partial charge >= 0.3 is 5.97 Å². The van der Waals surface area contributed by atoms with Crippen molar-refractivity contribution >= 4 is 5.97 Å². The molecule has 0 unspecified atom stereocenters. The molecule has 0 amide bonds. The third kappa shape index (κ3) is 1.90. The van der Waals surface area contributed by atoms with Crippen LogP contribution in [0.4, 0.5) is 0 Å². The van der Waals surface area contributed by atoms with Gasteiger partial charge in [-0.15, -0.1) is 0 Å². The van der Waals surface area contributed by atoms with Crippen LogP contribution in [0.1, 0.15) is 60.3 Å². The summed E-state index contributed by atoms with van der Waals surface area (Å²) < 4.78 is 5.76. The zero-order valence-corrected chi connectivity index (χ0v) is 11.9. The summed E-state index contributed by atoms with van der Waals surface area (Å²) in [4.78, 5) is 11.8. The Balaban J connectivity index is 2.03. The standard InChI is InChI=1S/C15H26O2/c1-10(2)8-13(16)17-12-9-11-6-7-15(12,5)14(11,3)4/h10-12H,6-9H2,1-5H3/t11-,12-,15-/m0/s1. The first kappa shape index (κ1) is 12.9. The van der Waals surface area contributed by atoms with E-state index in [1.807, 2.05) is 0 Å². The Hall–Kier alpha value is -0.530. The van der Waals surface area contributed by atoms with Crippen molar-refractivity contribution in [2.24, 2.45) is 22.7 Å². The van der Waals surface area contributed by atoms with E-state index in [1.54, 1.807) is 0 Å². The van der Waals surface area contributed by atoms with E-state index < -0.39 is 0 Å².